The monoisotopic (exact) mass is 327 g/mol. The van der Waals surface area contributed by atoms with Crippen LogP contribution in [0.4, 0.5) is 0 Å². The number of halogens is 1. The molecule has 5 heteroatoms. The summed E-state index contributed by atoms with van der Waals surface area (Å²) >= 11 is 5.86. The van der Waals surface area contributed by atoms with Crippen LogP contribution in [-0.2, 0) is 4.79 Å². The lowest BCUT2D eigenvalue weighted by atomic mass is 10.1. The van der Waals surface area contributed by atoms with Gasteiger partial charge in [0.25, 0.3) is 5.91 Å². The van der Waals surface area contributed by atoms with Crippen LogP contribution in [0.15, 0.2) is 66.7 Å². The Hall–Kier alpha value is -2.56. The number of amides is 1. The predicted octanol–water partition coefficient (Wildman–Crippen LogP) is 4.12. The van der Waals surface area contributed by atoms with Gasteiger partial charge in [0, 0.05) is 10.6 Å². The Morgan fingerprint density at radius 3 is 2.39 bits per heavy atom. The third-order valence-corrected chi connectivity index (χ3v) is 3.75. The average molecular weight is 328 g/mol. The van der Waals surface area contributed by atoms with Crippen molar-refractivity contribution in [3.05, 3.63) is 77.3 Å². The van der Waals surface area contributed by atoms with Crippen molar-refractivity contribution >= 4 is 28.3 Å². The summed E-state index contributed by atoms with van der Waals surface area (Å²) in [7, 11) is 0. The molecule has 2 N–H and O–H groups in total. The summed E-state index contributed by atoms with van der Waals surface area (Å²) < 4.78 is 5.79. The van der Waals surface area contributed by atoms with E-state index in [0.29, 0.717) is 16.3 Å². The van der Waals surface area contributed by atoms with Crippen LogP contribution in [0.25, 0.3) is 10.8 Å². The Morgan fingerprint density at radius 1 is 1.00 bits per heavy atom. The van der Waals surface area contributed by atoms with Crippen LogP contribution in [0.1, 0.15) is 11.7 Å². The fourth-order valence-corrected chi connectivity index (χ4v) is 2.47. The summed E-state index contributed by atoms with van der Waals surface area (Å²) in [5.41, 5.74) is 2.23. The Morgan fingerprint density at radius 2 is 1.70 bits per heavy atom. The highest BCUT2D eigenvalue weighted by Crippen LogP contribution is 2.26. The van der Waals surface area contributed by atoms with Gasteiger partial charge in [-0.1, -0.05) is 54.1 Å². The molecule has 1 unspecified atom stereocenters. The van der Waals surface area contributed by atoms with E-state index in [-0.39, 0.29) is 0 Å². The van der Waals surface area contributed by atoms with Gasteiger partial charge in [-0.2, -0.15) is 0 Å². The van der Waals surface area contributed by atoms with E-state index in [0.717, 1.165) is 10.8 Å². The van der Waals surface area contributed by atoms with Gasteiger partial charge in [-0.3, -0.25) is 10.0 Å². The molecule has 4 nitrogen and oxygen atoms in total. The molecule has 0 aromatic heterocycles. The number of carbonyl (C=O) groups is 1. The molecule has 23 heavy (non-hydrogen) atoms. The molecular formula is C18H14ClNO3. The summed E-state index contributed by atoms with van der Waals surface area (Å²) in [5, 5.41) is 11.6. The van der Waals surface area contributed by atoms with Crippen molar-refractivity contribution < 1.29 is 14.7 Å². The Bertz CT molecular complexity index is 833. The van der Waals surface area contributed by atoms with Crippen LogP contribution in [0, 0.1) is 0 Å². The van der Waals surface area contributed by atoms with E-state index >= 15 is 0 Å². The maximum atomic E-state index is 11.9. The number of hydrogen-bond acceptors (Lipinski definition) is 3. The van der Waals surface area contributed by atoms with E-state index in [9.17, 15) is 4.79 Å². The summed E-state index contributed by atoms with van der Waals surface area (Å²) in [6, 6.07) is 20.1. The molecule has 0 aliphatic heterocycles. The normalized spacial score (nSPS) is 11.9. The summed E-state index contributed by atoms with van der Waals surface area (Å²) in [6.07, 6.45) is -0.974. The van der Waals surface area contributed by atoms with Crippen LogP contribution in [0.5, 0.6) is 5.75 Å². The van der Waals surface area contributed by atoms with E-state index in [2.05, 4.69) is 0 Å². The molecular weight excluding hydrogens is 314 g/mol. The predicted molar refractivity (Wildman–Crippen MR) is 88.7 cm³/mol. The molecule has 0 aliphatic rings. The quantitative estimate of drug-likeness (QED) is 0.560. The van der Waals surface area contributed by atoms with E-state index < -0.39 is 12.0 Å². The van der Waals surface area contributed by atoms with Crippen molar-refractivity contribution in [1.29, 1.82) is 0 Å². The molecule has 0 radical (unpaired) electrons. The first-order valence-corrected chi connectivity index (χ1v) is 7.40. The van der Waals surface area contributed by atoms with Crippen molar-refractivity contribution in [3.8, 4) is 5.75 Å². The van der Waals surface area contributed by atoms with Crippen molar-refractivity contribution in [2.45, 2.75) is 6.10 Å². The average Bonchev–Trinajstić information content (AvgIpc) is 2.60. The SMILES string of the molecule is O=C(NO)C(Oc1ccc2ccccc2c1)c1ccc(Cl)cc1. The largest absolute Gasteiger partial charge is 0.476 e. The van der Waals surface area contributed by atoms with Gasteiger partial charge in [0.15, 0.2) is 0 Å². The maximum absolute atomic E-state index is 11.9. The number of ether oxygens (including phenoxy) is 1. The molecule has 3 rings (SSSR count). The molecule has 0 spiro atoms. The Labute approximate surface area is 138 Å². The van der Waals surface area contributed by atoms with Gasteiger partial charge in [0.05, 0.1) is 0 Å². The van der Waals surface area contributed by atoms with Crippen LogP contribution >= 0.6 is 11.6 Å². The van der Waals surface area contributed by atoms with Gasteiger partial charge in [-0.15, -0.1) is 0 Å². The van der Waals surface area contributed by atoms with Gasteiger partial charge in [-0.25, -0.2) is 5.48 Å². The molecule has 3 aromatic carbocycles. The standard InChI is InChI=1S/C18H14ClNO3/c19-15-8-5-13(6-9-15)17(18(21)20-22)23-16-10-7-12-3-1-2-4-14(12)11-16/h1-11,17,22H,(H,20,21). The molecule has 1 amide bonds. The first kappa shape index (κ1) is 15.3. The van der Waals surface area contributed by atoms with Gasteiger partial charge in [0.1, 0.15) is 5.75 Å². The van der Waals surface area contributed by atoms with Crippen molar-refractivity contribution in [3.63, 3.8) is 0 Å². The van der Waals surface area contributed by atoms with E-state index in [4.69, 9.17) is 21.5 Å². The molecule has 0 saturated heterocycles. The van der Waals surface area contributed by atoms with Crippen molar-refractivity contribution in [2.24, 2.45) is 0 Å². The van der Waals surface area contributed by atoms with Gasteiger partial charge >= 0.3 is 0 Å². The van der Waals surface area contributed by atoms with E-state index in [1.807, 2.05) is 36.4 Å². The van der Waals surface area contributed by atoms with Crippen LogP contribution in [0.2, 0.25) is 5.02 Å². The number of carbonyl (C=O) groups excluding carboxylic acids is 1. The highest BCUT2D eigenvalue weighted by atomic mass is 35.5. The maximum Gasteiger partial charge on any atom is 0.289 e. The third-order valence-electron chi connectivity index (χ3n) is 3.50. The molecule has 0 fully saturated rings. The second kappa shape index (κ2) is 6.69. The van der Waals surface area contributed by atoms with E-state index in [1.54, 1.807) is 35.8 Å². The molecule has 0 bridgehead atoms. The van der Waals surface area contributed by atoms with Crippen LogP contribution in [-0.4, -0.2) is 11.1 Å². The fraction of sp³-hybridized carbons (Fsp3) is 0.0556. The summed E-state index contributed by atoms with van der Waals surface area (Å²) in [5.74, 6) is -0.118. The number of benzene rings is 3. The zero-order chi connectivity index (χ0) is 16.2. The minimum Gasteiger partial charge on any atom is -0.476 e. The zero-order valence-corrected chi connectivity index (χ0v) is 12.8. The molecule has 0 heterocycles. The molecule has 3 aromatic rings. The zero-order valence-electron chi connectivity index (χ0n) is 12.1. The number of hydrogen-bond donors (Lipinski definition) is 2. The Balaban J connectivity index is 1.93. The topological polar surface area (TPSA) is 58.6 Å². The second-order valence-corrected chi connectivity index (χ2v) is 5.47. The van der Waals surface area contributed by atoms with Crippen LogP contribution in [0.3, 0.4) is 0 Å². The molecule has 116 valence electrons. The molecule has 1 atom stereocenters. The summed E-state index contributed by atoms with van der Waals surface area (Å²) in [6.45, 7) is 0. The lowest BCUT2D eigenvalue weighted by Gasteiger charge is -2.18. The van der Waals surface area contributed by atoms with E-state index in [1.165, 1.54) is 0 Å². The first-order valence-electron chi connectivity index (χ1n) is 7.02. The van der Waals surface area contributed by atoms with Gasteiger partial charge < -0.3 is 4.74 Å². The number of fused-ring (bicyclic) bond motifs is 1. The molecule has 0 saturated carbocycles. The highest BCUT2D eigenvalue weighted by Gasteiger charge is 2.22. The van der Waals surface area contributed by atoms with Crippen molar-refractivity contribution in [2.75, 3.05) is 0 Å². The van der Waals surface area contributed by atoms with Gasteiger partial charge in [-0.05, 0) is 35.0 Å². The Kier molecular flexibility index (Phi) is 4.46. The minimum absolute atomic E-state index is 0.534. The van der Waals surface area contributed by atoms with Crippen LogP contribution < -0.4 is 10.2 Å². The molecule has 0 aliphatic carbocycles. The lowest BCUT2D eigenvalue weighted by Crippen LogP contribution is -2.30. The minimum atomic E-state index is -0.974. The lowest BCUT2D eigenvalue weighted by molar-refractivity contribution is -0.136. The fourth-order valence-electron chi connectivity index (χ4n) is 2.35. The number of hydroxylamine groups is 1. The third kappa shape index (κ3) is 3.44. The number of rotatable bonds is 4. The first-order chi connectivity index (χ1) is 11.2. The second-order valence-electron chi connectivity index (χ2n) is 5.03. The number of nitrogens with one attached hydrogen (secondary N) is 1. The summed E-state index contributed by atoms with van der Waals surface area (Å²) in [4.78, 5) is 11.9. The highest BCUT2D eigenvalue weighted by molar-refractivity contribution is 6.30. The van der Waals surface area contributed by atoms with Crippen molar-refractivity contribution in [1.82, 2.24) is 5.48 Å². The smallest absolute Gasteiger partial charge is 0.289 e. The van der Waals surface area contributed by atoms with Gasteiger partial charge in [0.2, 0.25) is 6.10 Å².